The summed E-state index contributed by atoms with van der Waals surface area (Å²) in [6.45, 7) is 8.71. The summed E-state index contributed by atoms with van der Waals surface area (Å²) in [7, 11) is 0. The van der Waals surface area contributed by atoms with Gasteiger partial charge in [0, 0.05) is 57.5 Å². The summed E-state index contributed by atoms with van der Waals surface area (Å²) in [4.78, 5) is 9.93. The van der Waals surface area contributed by atoms with Gasteiger partial charge in [0.2, 0.25) is 0 Å². The Bertz CT molecular complexity index is 787. The molecule has 2 aliphatic heterocycles. The highest BCUT2D eigenvalue weighted by atomic mass is 16.5. The average Bonchev–Trinajstić information content (AvgIpc) is 2.83. The van der Waals surface area contributed by atoms with Gasteiger partial charge < -0.3 is 19.9 Å². The smallest absolute Gasteiger partial charge is 0.194 e. The molecular weight excluding hydrogens is 372 g/mol. The maximum absolute atomic E-state index is 6.17. The molecule has 4 rings (SSSR count). The van der Waals surface area contributed by atoms with Crippen LogP contribution in [0.5, 0.6) is 0 Å². The molecule has 1 N–H and O–H groups in total. The van der Waals surface area contributed by atoms with Crippen LogP contribution in [0, 0.1) is 5.92 Å². The average molecular weight is 407 g/mol. The molecular formula is C25H34N4O. The monoisotopic (exact) mass is 406 g/mol. The van der Waals surface area contributed by atoms with Gasteiger partial charge in [0.05, 0.1) is 6.10 Å². The Labute approximate surface area is 180 Å². The van der Waals surface area contributed by atoms with E-state index >= 15 is 0 Å². The molecule has 5 heteroatoms. The van der Waals surface area contributed by atoms with Crippen molar-refractivity contribution in [3.8, 4) is 0 Å². The summed E-state index contributed by atoms with van der Waals surface area (Å²) in [6, 6.07) is 21.3. The Balaban J connectivity index is 1.40. The second kappa shape index (κ2) is 10.5. The molecule has 2 atom stereocenters. The van der Waals surface area contributed by atoms with E-state index in [-0.39, 0.29) is 6.10 Å². The molecule has 0 amide bonds. The lowest BCUT2D eigenvalue weighted by atomic mass is 9.89. The fraction of sp³-hybridized carbons (Fsp3) is 0.480. The first-order valence-electron chi connectivity index (χ1n) is 11.3. The zero-order valence-electron chi connectivity index (χ0n) is 18.0. The van der Waals surface area contributed by atoms with Crippen LogP contribution in [0.4, 0.5) is 5.69 Å². The van der Waals surface area contributed by atoms with Crippen molar-refractivity contribution in [2.24, 2.45) is 10.9 Å². The fourth-order valence-electron chi connectivity index (χ4n) is 4.49. The molecule has 0 spiro atoms. The van der Waals surface area contributed by atoms with Crippen molar-refractivity contribution in [1.82, 2.24) is 10.2 Å². The van der Waals surface area contributed by atoms with Gasteiger partial charge in [-0.15, -0.1) is 0 Å². The zero-order valence-corrected chi connectivity index (χ0v) is 18.0. The van der Waals surface area contributed by atoms with E-state index in [1.54, 1.807) is 0 Å². The normalized spacial score (nSPS) is 22.8. The highest BCUT2D eigenvalue weighted by Gasteiger charge is 2.28. The Morgan fingerprint density at radius 2 is 1.70 bits per heavy atom. The number of hydrogen-bond donors (Lipinski definition) is 1. The van der Waals surface area contributed by atoms with Gasteiger partial charge in [-0.3, -0.25) is 4.99 Å². The van der Waals surface area contributed by atoms with Crippen molar-refractivity contribution in [2.45, 2.75) is 25.9 Å². The van der Waals surface area contributed by atoms with E-state index < -0.39 is 0 Å². The predicted octanol–water partition coefficient (Wildman–Crippen LogP) is 3.94. The zero-order chi connectivity index (χ0) is 20.6. The molecule has 2 aromatic carbocycles. The van der Waals surface area contributed by atoms with E-state index in [4.69, 9.17) is 9.73 Å². The first-order chi connectivity index (χ1) is 14.8. The summed E-state index contributed by atoms with van der Waals surface area (Å²) in [6.07, 6.45) is 2.45. The van der Waals surface area contributed by atoms with Crippen LogP contribution in [0.1, 0.15) is 31.4 Å². The minimum Gasteiger partial charge on any atom is -0.373 e. The van der Waals surface area contributed by atoms with Crippen LogP contribution in [0.3, 0.4) is 0 Å². The van der Waals surface area contributed by atoms with Gasteiger partial charge in [-0.05, 0) is 37.5 Å². The van der Waals surface area contributed by atoms with Gasteiger partial charge in [-0.25, -0.2) is 0 Å². The van der Waals surface area contributed by atoms with Crippen LogP contribution in [-0.2, 0) is 4.74 Å². The quantitative estimate of drug-likeness (QED) is 0.603. The van der Waals surface area contributed by atoms with Crippen LogP contribution in [0.25, 0.3) is 0 Å². The number of aliphatic imine (C=N–C) groups is 1. The lowest BCUT2D eigenvalue weighted by molar-refractivity contribution is -0.0250. The summed E-state index contributed by atoms with van der Waals surface area (Å²) < 4.78 is 6.17. The lowest BCUT2D eigenvalue weighted by Crippen LogP contribution is -2.52. The van der Waals surface area contributed by atoms with Crippen molar-refractivity contribution in [3.63, 3.8) is 0 Å². The van der Waals surface area contributed by atoms with E-state index in [0.717, 1.165) is 58.3 Å². The van der Waals surface area contributed by atoms with Gasteiger partial charge in [-0.1, -0.05) is 48.5 Å². The van der Waals surface area contributed by atoms with E-state index in [0.29, 0.717) is 5.92 Å². The summed E-state index contributed by atoms with van der Waals surface area (Å²) >= 11 is 0. The van der Waals surface area contributed by atoms with E-state index in [9.17, 15) is 0 Å². The van der Waals surface area contributed by atoms with Crippen molar-refractivity contribution >= 4 is 11.6 Å². The van der Waals surface area contributed by atoms with E-state index in [2.05, 4.69) is 82.7 Å². The number of guanidine groups is 1. The summed E-state index contributed by atoms with van der Waals surface area (Å²) in [5, 5.41) is 3.52. The SMILES string of the molecule is CCNC(=NCC1CCCOC1c1ccccc1)N1CCN(c2ccccc2)CC1. The van der Waals surface area contributed by atoms with Crippen LogP contribution < -0.4 is 10.2 Å². The number of benzene rings is 2. The van der Waals surface area contributed by atoms with Crippen LogP contribution in [0.2, 0.25) is 0 Å². The minimum atomic E-state index is 0.154. The van der Waals surface area contributed by atoms with Crippen LogP contribution in [0.15, 0.2) is 65.7 Å². The van der Waals surface area contributed by atoms with Gasteiger partial charge in [0.1, 0.15) is 0 Å². The highest BCUT2D eigenvalue weighted by molar-refractivity contribution is 5.80. The summed E-state index contributed by atoms with van der Waals surface area (Å²) in [5.74, 6) is 1.48. The molecule has 2 fully saturated rings. The van der Waals surface area contributed by atoms with Crippen LogP contribution in [-0.4, -0.2) is 56.7 Å². The van der Waals surface area contributed by atoms with Crippen molar-refractivity contribution in [1.29, 1.82) is 0 Å². The molecule has 0 aliphatic carbocycles. The lowest BCUT2D eigenvalue weighted by Gasteiger charge is -2.38. The summed E-state index contributed by atoms with van der Waals surface area (Å²) in [5.41, 5.74) is 2.59. The molecule has 0 bridgehead atoms. The Morgan fingerprint density at radius 3 is 2.40 bits per heavy atom. The molecule has 0 saturated carbocycles. The number of piperazine rings is 1. The molecule has 30 heavy (non-hydrogen) atoms. The van der Waals surface area contributed by atoms with Gasteiger partial charge in [-0.2, -0.15) is 0 Å². The molecule has 0 aromatic heterocycles. The maximum Gasteiger partial charge on any atom is 0.194 e. The second-order valence-corrected chi connectivity index (χ2v) is 8.11. The third kappa shape index (κ3) is 5.14. The van der Waals surface area contributed by atoms with E-state index in [1.807, 2.05) is 0 Å². The van der Waals surface area contributed by atoms with Gasteiger partial charge in [0.25, 0.3) is 0 Å². The van der Waals surface area contributed by atoms with Crippen molar-refractivity contribution in [3.05, 3.63) is 66.2 Å². The number of hydrogen-bond acceptors (Lipinski definition) is 3. The molecule has 5 nitrogen and oxygen atoms in total. The Morgan fingerprint density at radius 1 is 1.00 bits per heavy atom. The number of nitrogens with one attached hydrogen (secondary N) is 1. The minimum absolute atomic E-state index is 0.154. The highest BCUT2D eigenvalue weighted by Crippen LogP contribution is 2.33. The van der Waals surface area contributed by atoms with Crippen LogP contribution >= 0.6 is 0 Å². The third-order valence-corrected chi connectivity index (χ3v) is 6.08. The molecule has 2 saturated heterocycles. The maximum atomic E-state index is 6.17. The topological polar surface area (TPSA) is 40.1 Å². The first kappa shape index (κ1) is 20.7. The van der Waals surface area contributed by atoms with Crippen molar-refractivity contribution < 1.29 is 4.74 Å². The first-order valence-corrected chi connectivity index (χ1v) is 11.3. The third-order valence-electron chi connectivity index (χ3n) is 6.08. The number of para-hydroxylation sites is 1. The van der Waals surface area contributed by atoms with E-state index in [1.165, 1.54) is 17.7 Å². The number of anilines is 1. The van der Waals surface area contributed by atoms with Gasteiger partial charge in [0.15, 0.2) is 5.96 Å². The molecule has 160 valence electrons. The molecule has 2 heterocycles. The Kier molecular flexibility index (Phi) is 7.25. The van der Waals surface area contributed by atoms with Crippen molar-refractivity contribution in [2.75, 3.05) is 50.8 Å². The number of rotatable bonds is 5. The van der Waals surface area contributed by atoms with Gasteiger partial charge >= 0.3 is 0 Å². The number of nitrogens with zero attached hydrogens (tertiary/aromatic N) is 3. The Hall–Kier alpha value is -2.53. The second-order valence-electron chi connectivity index (χ2n) is 8.11. The number of ether oxygens (including phenoxy) is 1. The largest absolute Gasteiger partial charge is 0.373 e. The molecule has 0 radical (unpaired) electrons. The molecule has 2 unspecified atom stereocenters. The fourth-order valence-corrected chi connectivity index (χ4v) is 4.49. The predicted molar refractivity (Wildman–Crippen MR) is 124 cm³/mol. The molecule has 2 aromatic rings. The standard InChI is InChI=1S/C25H34N4O/c1-2-26-25(29-17-15-28(16-18-29)23-13-7-4-8-14-23)27-20-22-12-9-19-30-24(22)21-10-5-3-6-11-21/h3-8,10-11,13-14,22,24H,2,9,12,15-20H2,1H3,(H,26,27). The molecule has 2 aliphatic rings.